The van der Waals surface area contributed by atoms with E-state index in [0.717, 1.165) is 35.6 Å². The number of carbonyl (C=O) groups excluding carboxylic acids is 1. The van der Waals surface area contributed by atoms with Crippen molar-refractivity contribution in [3.05, 3.63) is 46.7 Å². The predicted molar refractivity (Wildman–Crippen MR) is 121 cm³/mol. The average Bonchev–Trinajstić information content (AvgIpc) is 3.53. The van der Waals surface area contributed by atoms with Gasteiger partial charge in [-0.05, 0) is 49.9 Å². The molecule has 164 valence electrons. The fraction of sp³-hybridized carbons (Fsp3) is 0.455. The third-order valence-corrected chi connectivity index (χ3v) is 6.58. The minimum absolute atomic E-state index is 0.146. The maximum absolute atomic E-state index is 13.0. The Morgan fingerprint density at radius 2 is 2.26 bits per heavy atom. The SMILES string of the molecule is CCN1CCC[C@@H]1CNC(=O)c1cnn(-c2ncc(C)c(-c3cccs3)n2)c1COC. The number of likely N-dealkylation sites (N-methyl/N-ethyl adjacent to an activating group) is 1. The van der Waals surface area contributed by atoms with Crippen LogP contribution in [0.2, 0.25) is 0 Å². The van der Waals surface area contributed by atoms with Crippen molar-refractivity contribution in [1.82, 2.24) is 30.0 Å². The van der Waals surface area contributed by atoms with Crippen molar-refractivity contribution in [3.63, 3.8) is 0 Å². The van der Waals surface area contributed by atoms with Gasteiger partial charge in [0.25, 0.3) is 11.9 Å². The Morgan fingerprint density at radius 3 is 3.00 bits per heavy atom. The monoisotopic (exact) mass is 440 g/mol. The summed E-state index contributed by atoms with van der Waals surface area (Å²) in [5.74, 6) is 0.278. The van der Waals surface area contributed by atoms with Gasteiger partial charge in [-0.15, -0.1) is 11.3 Å². The molecule has 8 nitrogen and oxygen atoms in total. The van der Waals surface area contributed by atoms with Crippen molar-refractivity contribution in [2.24, 2.45) is 0 Å². The van der Waals surface area contributed by atoms with E-state index in [-0.39, 0.29) is 12.5 Å². The highest BCUT2D eigenvalue weighted by Crippen LogP contribution is 2.26. The molecule has 1 aliphatic heterocycles. The highest BCUT2D eigenvalue weighted by Gasteiger charge is 2.25. The number of hydrogen-bond donors (Lipinski definition) is 1. The molecule has 0 spiro atoms. The fourth-order valence-electron chi connectivity index (χ4n) is 4.06. The van der Waals surface area contributed by atoms with Gasteiger partial charge in [-0.1, -0.05) is 13.0 Å². The molecule has 1 fully saturated rings. The van der Waals surface area contributed by atoms with Gasteiger partial charge < -0.3 is 10.1 Å². The van der Waals surface area contributed by atoms with E-state index in [2.05, 4.69) is 27.2 Å². The van der Waals surface area contributed by atoms with Crippen LogP contribution in [0.5, 0.6) is 0 Å². The Morgan fingerprint density at radius 1 is 1.39 bits per heavy atom. The number of amides is 1. The van der Waals surface area contributed by atoms with Crippen molar-refractivity contribution >= 4 is 17.2 Å². The number of aromatic nitrogens is 4. The number of carbonyl (C=O) groups is 1. The van der Waals surface area contributed by atoms with E-state index in [1.807, 2.05) is 24.4 Å². The molecular formula is C22H28N6O2S. The number of nitrogens with one attached hydrogen (secondary N) is 1. The summed E-state index contributed by atoms with van der Waals surface area (Å²) in [4.78, 5) is 25.6. The number of aryl methyl sites for hydroxylation is 1. The topological polar surface area (TPSA) is 85.2 Å². The second-order valence-corrected chi connectivity index (χ2v) is 8.61. The second-order valence-electron chi connectivity index (χ2n) is 7.66. The summed E-state index contributed by atoms with van der Waals surface area (Å²) in [5, 5.41) is 9.54. The van der Waals surface area contributed by atoms with Crippen molar-refractivity contribution in [1.29, 1.82) is 0 Å². The van der Waals surface area contributed by atoms with Crippen LogP contribution < -0.4 is 5.32 Å². The van der Waals surface area contributed by atoms with Crippen LogP contribution in [0, 0.1) is 6.92 Å². The van der Waals surface area contributed by atoms with Gasteiger partial charge in [-0.3, -0.25) is 9.69 Å². The molecule has 1 amide bonds. The predicted octanol–water partition coefficient (Wildman–Crippen LogP) is 3.06. The van der Waals surface area contributed by atoms with Crippen LogP contribution in [-0.2, 0) is 11.3 Å². The first-order valence-corrected chi connectivity index (χ1v) is 11.5. The van der Waals surface area contributed by atoms with Crippen LogP contribution in [0.3, 0.4) is 0 Å². The lowest BCUT2D eigenvalue weighted by Gasteiger charge is -2.22. The molecule has 0 radical (unpaired) electrons. The lowest BCUT2D eigenvalue weighted by atomic mass is 10.2. The second kappa shape index (κ2) is 9.67. The van der Waals surface area contributed by atoms with Gasteiger partial charge in [-0.2, -0.15) is 9.78 Å². The Kier molecular flexibility index (Phi) is 6.74. The first-order chi connectivity index (χ1) is 15.1. The summed E-state index contributed by atoms with van der Waals surface area (Å²) in [7, 11) is 1.60. The number of likely N-dealkylation sites (tertiary alicyclic amines) is 1. The molecule has 0 aromatic carbocycles. The van der Waals surface area contributed by atoms with Crippen LogP contribution in [0.1, 0.15) is 41.4 Å². The number of methoxy groups -OCH3 is 1. The van der Waals surface area contributed by atoms with E-state index in [1.165, 1.54) is 6.42 Å². The number of thiophene rings is 1. The highest BCUT2D eigenvalue weighted by atomic mass is 32.1. The molecule has 1 N–H and O–H groups in total. The van der Waals surface area contributed by atoms with Crippen LogP contribution in [0.25, 0.3) is 16.5 Å². The van der Waals surface area contributed by atoms with E-state index in [1.54, 1.807) is 35.5 Å². The molecule has 0 unspecified atom stereocenters. The molecule has 3 aromatic rings. The fourth-order valence-corrected chi connectivity index (χ4v) is 4.84. The average molecular weight is 441 g/mol. The molecule has 0 saturated carbocycles. The Bertz CT molecular complexity index is 1030. The van der Waals surface area contributed by atoms with Crippen molar-refractivity contribution < 1.29 is 9.53 Å². The van der Waals surface area contributed by atoms with Crippen LogP contribution >= 0.6 is 11.3 Å². The van der Waals surface area contributed by atoms with Gasteiger partial charge in [0.15, 0.2) is 0 Å². The third kappa shape index (κ3) is 4.53. The van der Waals surface area contributed by atoms with Crippen molar-refractivity contribution in [3.8, 4) is 16.5 Å². The maximum atomic E-state index is 13.0. The summed E-state index contributed by atoms with van der Waals surface area (Å²) in [6.45, 7) is 7.12. The minimum Gasteiger partial charge on any atom is -0.378 e. The molecule has 1 atom stereocenters. The number of ether oxygens (including phenoxy) is 1. The van der Waals surface area contributed by atoms with E-state index in [9.17, 15) is 4.79 Å². The van der Waals surface area contributed by atoms with Gasteiger partial charge in [0.2, 0.25) is 0 Å². The quantitative estimate of drug-likeness (QED) is 0.580. The summed E-state index contributed by atoms with van der Waals surface area (Å²) in [5.41, 5.74) is 2.98. The van der Waals surface area contributed by atoms with E-state index in [0.29, 0.717) is 29.8 Å². The lowest BCUT2D eigenvalue weighted by Crippen LogP contribution is -2.40. The van der Waals surface area contributed by atoms with Gasteiger partial charge >= 0.3 is 0 Å². The zero-order valence-corrected chi connectivity index (χ0v) is 19.0. The van der Waals surface area contributed by atoms with Crippen molar-refractivity contribution in [2.45, 2.75) is 39.3 Å². The Hall–Kier alpha value is -2.62. The molecule has 1 aliphatic rings. The third-order valence-electron chi connectivity index (χ3n) is 5.70. The van der Waals surface area contributed by atoms with Crippen LogP contribution in [0.4, 0.5) is 0 Å². The molecule has 4 heterocycles. The van der Waals surface area contributed by atoms with E-state index in [4.69, 9.17) is 9.72 Å². The molecule has 0 aliphatic carbocycles. The van der Waals surface area contributed by atoms with Gasteiger partial charge in [0, 0.05) is 25.9 Å². The van der Waals surface area contributed by atoms with Gasteiger partial charge in [0.1, 0.15) is 0 Å². The molecule has 9 heteroatoms. The standard InChI is InChI=1S/C22H28N6O2S/c1-4-27-9-5-7-16(27)12-23-21(29)17-13-25-28(18(17)14-30-3)22-24-11-15(2)20(26-22)19-8-6-10-31-19/h6,8,10-11,13,16H,4-5,7,9,12,14H2,1-3H3,(H,23,29)/t16-/m1/s1. The zero-order valence-electron chi connectivity index (χ0n) is 18.2. The molecule has 3 aromatic heterocycles. The summed E-state index contributed by atoms with van der Waals surface area (Å²) >= 11 is 1.63. The molecule has 4 rings (SSSR count). The first-order valence-electron chi connectivity index (χ1n) is 10.6. The Labute approximate surface area is 186 Å². The maximum Gasteiger partial charge on any atom is 0.254 e. The molecule has 0 bridgehead atoms. The molecule has 1 saturated heterocycles. The number of nitrogens with zero attached hydrogens (tertiary/aromatic N) is 5. The zero-order chi connectivity index (χ0) is 21.8. The summed E-state index contributed by atoms with van der Waals surface area (Å²) < 4.78 is 6.98. The largest absolute Gasteiger partial charge is 0.378 e. The Balaban J connectivity index is 1.59. The van der Waals surface area contributed by atoms with E-state index < -0.39 is 0 Å². The minimum atomic E-state index is -0.146. The molecule has 31 heavy (non-hydrogen) atoms. The van der Waals surface area contributed by atoms with Gasteiger partial charge in [-0.25, -0.2) is 9.97 Å². The first kappa shape index (κ1) is 21.6. The van der Waals surface area contributed by atoms with Crippen LogP contribution in [0.15, 0.2) is 29.9 Å². The number of rotatable bonds is 8. The van der Waals surface area contributed by atoms with Gasteiger partial charge in [0.05, 0.1) is 34.6 Å². The van der Waals surface area contributed by atoms with Crippen molar-refractivity contribution in [2.75, 3.05) is 26.7 Å². The lowest BCUT2D eigenvalue weighted by molar-refractivity contribution is 0.0936. The highest BCUT2D eigenvalue weighted by molar-refractivity contribution is 7.13. The normalized spacial score (nSPS) is 16.7. The molecular weight excluding hydrogens is 412 g/mol. The summed E-state index contributed by atoms with van der Waals surface area (Å²) in [6.07, 6.45) is 5.65. The summed E-state index contributed by atoms with van der Waals surface area (Å²) in [6, 6.07) is 4.42. The smallest absolute Gasteiger partial charge is 0.254 e. The van der Waals surface area contributed by atoms with Crippen LogP contribution in [-0.4, -0.2) is 63.3 Å². The number of hydrogen-bond acceptors (Lipinski definition) is 7. The van der Waals surface area contributed by atoms with E-state index >= 15 is 0 Å².